The number of hydrazone groups is 1. The number of aliphatic imine (C=N–C) groups is 1. The highest BCUT2D eigenvalue weighted by atomic mass is 16.3. The SMILES string of the molecule is CC(=NNC(=O)c1ccccc1O)C1=C(C)N=C(C)/C(=C(/C)NNC(=O)c2ccccc2O)C1C. The second-order valence-electron chi connectivity index (χ2n) is 8.21. The fraction of sp³-hybridized carbons (Fsp3) is 0.231. The van der Waals surface area contributed by atoms with Gasteiger partial charge in [0.2, 0.25) is 0 Å². The van der Waals surface area contributed by atoms with Crippen LogP contribution in [0.5, 0.6) is 11.5 Å². The largest absolute Gasteiger partial charge is 0.507 e. The van der Waals surface area contributed by atoms with Gasteiger partial charge in [0, 0.05) is 34.2 Å². The fourth-order valence-electron chi connectivity index (χ4n) is 4.19. The Balaban J connectivity index is 1.79. The highest BCUT2D eigenvalue weighted by Gasteiger charge is 2.27. The summed E-state index contributed by atoms with van der Waals surface area (Å²) in [6, 6.07) is 12.5. The van der Waals surface area contributed by atoms with Crippen LogP contribution in [0.1, 0.15) is 55.3 Å². The van der Waals surface area contributed by atoms with E-state index >= 15 is 0 Å². The molecular formula is C26H29N5O4. The van der Waals surface area contributed by atoms with E-state index in [2.05, 4.69) is 26.4 Å². The summed E-state index contributed by atoms with van der Waals surface area (Å²) in [7, 11) is 0. The Hall–Kier alpha value is -4.40. The molecule has 0 bridgehead atoms. The first-order valence-electron chi connectivity index (χ1n) is 11.1. The number of para-hydroxylation sites is 2. The normalized spacial score (nSPS) is 17.5. The number of phenols is 2. The summed E-state index contributed by atoms with van der Waals surface area (Å²) in [5.41, 5.74) is 12.8. The van der Waals surface area contributed by atoms with E-state index in [4.69, 9.17) is 0 Å². The molecule has 182 valence electrons. The molecule has 0 spiro atoms. The summed E-state index contributed by atoms with van der Waals surface area (Å²) in [6.07, 6.45) is 0. The van der Waals surface area contributed by atoms with Gasteiger partial charge in [0.25, 0.3) is 11.8 Å². The van der Waals surface area contributed by atoms with Gasteiger partial charge in [0.1, 0.15) is 11.5 Å². The van der Waals surface area contributed by atoms with Gasteiger partial charge in [-0.1, -0.05) is 31.2 Å². The van der Waals surface area contributed by atoms with Gasteiger partial charge in [-0.25, -0.2) is 5.43 Å². The van der Waals surface area contributed by atoms with Gasteiger partial charge in [-0.3, -0.25) is 20.0 Å². The van der Waals surface area contributed by atoms with Crippen molar-refractivity contribution in [2.24, 2.45) is 16.0 Å². The van der Waals surface area contributed by atoms with Crippen LogP contribution in [-0.4, -0.2) is 33.5 Å². The van der Waals surface area contributed by atoms with Crippen LogP contribution in [0, 0.1) is 5.92 Å². The zero-order valence-corrected chi connectivity index (χ0v) is 20.3. The third kappa shape index (κ3) is 5.57. The number of hydrazine groups is 1. The van der Waals surface area contributed by atoms with Crippen molar-refractivity contribution >= 4 is 23.2 Å². The van der Waals surface area contributed by atoms with Gasteiger partial charge in [0.15, 0.2) is 0 Å². The number of allylic oxidation sites excluding steroid dienone is 4. The van der Waals surface area contributed by atoms with Crippen molar-refractivity contribution in [1.82, 2.24) is 16.3 Å². The smallest absolute Gasteiger partial charge is 0.275 e. The molecule has 1 unspecified atom stereocenters. The first-order valence-corrected chi connectivity index (χ1v) is 11.1. The molecule has 35 heavy (non-hydrogen) atoms. The molecule has 5 N–H and O–H groups in total. The first kappa shape index (κ1) is 25.2. The zero-order chi connectivity index (χ0) is 25.7. The molecule has 9 nitrogen and oxygen atoms in total. The summed E-state index contributed by atoms with van der Waals surface area (Å²) < 4.78 is 0. The molecule has 9 heteroatoms. The molecule has 2 amide bonds. The molecule has 1 atom stereocenters. The summed E-state index contributed by atoms with van der Waals surface area (Å²) in [5, 5.41) is 24.0. The molecule has 3 rings (SSSR count). The van der Waals surface area contributed by atoms with Crippen molar-refractivity contribution in [3.05, 3.63) is 82.2 Å². The van der Waals surface area contributed by atoms with E-state index in [1.54, 1.807) is 31.2 Å². The molecule has 0 aromatic heterocycles. The number of carbonyl (C=O) groups is 2. The van der Waals surface area contributed by atoms with Crippen LogP contribution in [0.2, 0.25) is 0 Å². The van der Waals surface area contributed by atoms with Gasteiger partial charge >= 0.3 is 0 Å². The maximum atomic E-state index is 12.5. The van der Waals surface area contributed by atoms with Crippen molar-refractivity contribution in [3.8, 4) is 11.5 Å². The fourth-order valence-corrected chi connectivity index (χ4v) is 4.19. The Labute approximate surface area is 204 Å². The maximum Gasteiger partial charge on any atom is 0.275 e. The van der Waals surface area contributed by atoms with Crippen molar-refractivity contribution < 1.29 is 19.8 Å². The third-order valence-corrected chi connectivity index (χ3v) is 5.76. The van der Waals surface area contributed by atoms with Crippen molar-refractivity contribution in [2.75, 3.05) is 0 Å². The maximum absolute atomic E-state index is 12.5. The van der Waals surface area contributed by atoms with Gasteiger partial charge in [-0.2, -0.15) is 5.10 Å². The molecule has 1 aliphatic rings. The lowest BCUT2D eigenvalue weighted by atomic mass is 9.83. The lowest BCUT2D eigenvalue weighted by Gasteiger charge is -2.27. The van der Waals surface area contributed by atoms with E-state index in [0.29, 0.717) is 11.4 Å². The first-order chi connectivity index (χ1) is 16.6. The molecule has 0 radical (unpaired) electrons. The lowest BCUT2D eigenvalue weighted by Crippen LogP contribution is -2.38. The number of aromatic hydroxyl groups is 2. The summed E-state index contributed by atoms with van der Waals surface area (Å²) in [4.78, 5) is 29.5. The van der Waals surface area contributed by atoms with Crippen LogP contribution in [0.4, 0.5) is 0 Å². The second-order valence-corrected chi connectivity index (χ2v) is 8.21. The molecule has 0 saturated carbocycles. The number of benzene rings is 2. The van der Waals surface area contributed by atoms with E-state index in [9.17, 15) is 19.8 Å². The minimum absolute atomic E-state index is 0.112. The predicted octanol–water partition coefficient (Wildman–Crippen LogP) is 3.80. The van der Waals surface area contributed by atoms with Crippen LogP contribution in [0.3, 0.4) is 0 Å². The molecule has 2 aromatic rings. The summed E-state index contributed by atoms with van der Waals surface area (Å²) in [5.74, 6) is -1.38. The molecular weight excluding hydrogens is 446 g/mol. The number of phenolic OH excluding ortho intramolecular Hbond substituents is 2. The topological polar surface area (TPSA) is 135 Å². The van der Waals surface area contributed by atoms with Gasteiger partial charge in [-0.05, 0) is 52.0 Å². The highest BCUT2D eigenvalue weighted by molar-refractivity contribution is 6.08. The van der Waals surface area contributed by atoms with Crippen LogP contribution in [-0.2, 0) is 0 Å². The minimum Gasteiger partial charge on any atom is -0.507 e. The number of nitrogens with zero attached hydrogens (tertiary/aromatic N) is 2. The van der Waals surface area contributed by atoms with Crippen molar-refractivity contribution in [1.29, 1.82) is 0 Å². The zero-order valence-electron chi connectivity index (χ0n) is 20.3. The van der Waals surface area contributed by atoms with Crippen molar-refractivity contribution in [3.63, 3.8) is 0 Å². The Morgan fingerprint density at radius 2 is 1.43 bits per heavy atom. The average molecular weight is 476 g/mol. The van der Waals surface area contributed by atoms with E-state index in [0.717, 1.165) is 22.6 Å². The molecule has 0 saturated heterocycles. The summed E-state index contributed by atoms with van der Waals surface area (Å²) in [6.45, 7) is 9.34. The standard InChI is InChI=1S/C26H29N5O4/c1-14-23(17(4)28-30-25(34)19-10-6-8-12-21(19)32)15(2)27-16(3)24(14)18(5)29-31-26(35)20-11-7-9-13-22(20)33/h6-14,28,32-33H,1-5H3,(H,30,34)(H,31,35)/b23-17-,29-18?. The summed E-state index contributed by atoms with van der Waals surface area (Å²) >= 11 is 0. The molecule has 2 aromatic carbocycles. The lowest BCUT2D eigenvalue weighted by molar-refractivity contribution is 0.0932. The third-order valence-electron chi connectivity index (χ3n) is 5.76. The predicted molar refractivity (Wildman–Crippen MR) is 135 cm³/mol. The second kappa shape index (κ2) is 10.7. The van der Waals surface area contributed by atoms with E-state index in [-0.39, 0.29) is 28.5 Å². The minimum atomic E-state index is -0.524. The van der Waals surface area contributed by atoms with Crippen molar-refractivity contribution in [2.45, 2.75) is 34.6 Å². The number of amides is 2. The van der Waals surface area contributed by atoms with Crippen LogP contribution in [0.15, 0.2) is 81.2 Å². The number of hydrogen-bond acceptors (Lipinski definition) is 7. The number of carbonyl (C=O) groups excluding carboxylic acids is 2. The van der Waals surface area contributed by atoms with E-state index in [1.165, 1.54) is 24.3 Å². The van der Waals surface area contributed by atoms with E-state index in [1.807, 2.05) is 27.7 Å². The molecule has 0 fully saturated rings. The van der Waals surface area contributed by atoms with Crippen LogP contribution < -0.4 is 16.3 Å². The van der Waals surface area contributed by atoms with Gasteiger partial charge < -0.3 is 15.6 Å². The highest BCUT2D eigenvalue weighted by Crippen LogP contribution is 2.32. The number of nitrogens with one attached hydrogen (secondary N) is 3. The number of hydrogen-bond donors (Lipinski definition) is 5. The molecule has 0 aliphatic carbocycles. The Kier molecular flexibility index (Phi) is 7.70. The Morgan fingerprint density at radius 3 is 2.00 bits per heavy atom. The van der Waals surface area contributed by atoms with Gasteiger partial charge in [0.05, 0.1) is 16.8 Å². The molecule has 1 heterocycles. The quantitative estimate of drug-likeness (QED) is 0.320. The monoisotopic (exact) mass is 475 g/mol. The van der Waals surface area contributed by atoms with Gasteiger partial charge in [-0.15, -0.1) is 0 Å². The Morgan fingerprint density at radius 1 is 0.886 bits per heavy atom. The average Bonchev–Trinajstić information content (AvgIpc) is 2.81. The van der Waals surface area contributed by atoms with Crippen LogP contribution >= 0.6 is 0 Å². The number of rotatable bonds is 6. The van der Waals surface area contributed by atoms with E-state index < -0.39 is 11.8 Å². The molecule has 1 aliphatic heterocycles. The van der Waals surface area contributed by atoms with Crippen LogP contribution in [0.25, 0.3) is 0 Å². The Bertz CT molecular complexity index is 1290.